The van der Waals surface area contributed by atoms with Crippen molar-refractivity contribution in [1.82, 2.24) is 9.97 Å². The third kappa shape index (κ3) is 4.33. The van der Waals surface area contributed by atoms with Gasteiger partial charge in [-0.25, -0.2) is 9.97 Å². The zero-order valence-corrected chi connectivity index (χ0v) is 13.9. The molecule has 1 aromatic rings. The van der Waals surface area contributed by atoms with Crippen molar-refractivity contribution in [3.8, 4) is 0 Å². The molecule has 0 amide bonds. The summed E-state index contributed by atoms with van der Waals surface area (Å²) in [4.78, 5) is 20.5. The highest BCUT2D eigenvalue weighted by atomic mass is 32.2. The number of carbonyl (C=O) groups is 1. The minimum absolute atomic E-state index is 0.112. The number of hydrogen-bond donors (Lipinski definition) is 1. The molecule has 0 radical (unpaired) electrons. The molecule has 1 aliphatic carbocycles. The van der Waals surface area contributed by atoms with Gasteiger partial charge in [0.1, 0.15) is 16.7 Å². The number of methoxy groups -OCH3 is 1. The third-order valence-corrected chi connectivity index (χ3v) is 4.98. The number of nitrogens with one attached hydrogen (secondary N) is 1. The van der Waals surface area contributed by atoms with Gasteiger partial charge in [0.2, 0.25) is 0 Å². The second kappa shape index (κ2) is 6.64. The number of thioether (sulfide) groups is 1. The fourth-order valence-corrected chi connectivity index (χ4v) is 3.26. The Hall–Kier alpha value is -1.30. The maximum Gasteiger partial charge on any atom is 0.306 e. The first-order valence-corrected chi connectivity index (χ1v) is 8.23. The van der Waals surface area contributed by atoms with Crippen molar-refractivity contribution >= 4 is 23.5 Å². The van der Waals surface area contributed by atoms with Crippen LogP contribution in [0.4, 0.5) is 5.82 Å². The maximum absolute atomic E-state index is 11.5. The van der Waals surface area contributed by atoms with Crippen LogP contribution < -0.4 is 5.32 Å². The summed E-state index contributed by atoms with van der Waals surface area (Å²) in [7, 11) is 3.31. The summed E-state index contributed by atoms with van der Waals surface area (Å²) in [5, 5.41) is 4.05. The number of esters is 1. The number of rotatable bonds is 7. The molecule has 1 fully saturated rings. The normalized spacial score (nSPS) is 15.9. The Morgan fingerprint density at radius 2 is 2.19 bits per heavy atom. The number of hydrogen-bond acceptors (Lipinski definition) is 6. The molecule has 0 aliphatic heterocycles. The molecule has 0 saturated heterocycles. The van der Waals surface area contributed by atoms with Gasteiger partial charge in [0.25, 0.3) is 0 Å². The average Bonchev–Trinajstić information content (AvgIpc) is 3.24. The summed E-state index contributed by atoms with van der Waals surface area (Å²) in [6.07, 6.45) is 2.70. The lowest BCUT2D eigenvalue weighted by Gasteiger charge is -2.14. The van der Waals surface area contributed by atoms with E-state index < -0.39 is 0 Å². The molecule has 2 rings (SSSR count). The standard InChI is InChI=1S/C15H23N3O2S/c1-10(2)14-17-11(16-3)7-12(18-14)21-9-15(5-6-15)8-13(19)20-4/h7,10H,5-6,8-9H2,1-4H3,(H,16,17,18). The first-order chi connectivity index (χ1) is 9.98. The van der Waals surface area contributed by atoms with Gasteiger partial charge in [-0.15, -0.1) is 11.8 Å². The minimum atomic E-state index is -0.116. The number of aromatic nitrogens is 2. The van der Waals surface area contributed by atoms with Gasteiger partial charge in [0.05, 0.1) is 13.5 Å². The first kappa shape index (κ1) is 16.1. The molecular formula is C15H23N3O2S. The lowest BCUT2D eigenvalue weighted by Crippen LogP contribution is -2.13. The summed E-state index contributed by atoms with van der Waals surface area (Å²) >= 11 is 1.70. The topological polar surface area (TPSA) is 64.1 Å². The zero-order chi connectivity index (χ0) is 15.5. The summed E-state index contributed by atoms with van der Waals surface area (Å²) in [5.41, 5.74) is 0.112. The molecule has 1 heterocycles. The average molecular weight is 309 g/mol. The van der Waals surface area contributed by atoms with Crippen LogP contribution in [0.3, 0.4) is 0 Å². The van der Waals surface area contributed by atoms with Crippen molar-refractivity contribution in [2.24, 2.45) is 5.41 Å². The molecule has 21 heavy (non-hydrogen) atoms. The van der Waals surface area contributed by atoms with Gasteiger partial charge in [0.15, 0.2) is 0 Å². The number of anilines is 1. The molecule has 0 spiro atoms. The van der Waals surface area contributed by atoms with Crippen LogP contribution in [-0.2, 0) is 9.53 Å². The van der Waals surface area contributed by atoms with Gasteiger partial charge in [0, 0.05) is 24.8 Å². The second-order valence-corrected chi connectivity index (χ2v) is 6.89. The predicted molar refractivity (Wildman–Crippen MR) is 84.7 cm³/mol. The van der Waals surface area contributed by atoms with E-state index in [0.29, 0.717) is 12.3 Å². The van der Waals surface area contributed by atoms with Crippen LogP contribution in [0.15, 0.2) is 11.1 Å². The van der Waals surface area contributed by atoms with E-state index in [9.17, 15) is 4.79 Å². The Labute approximate surface area is 130 Å². The lowest BCUT2D eigenvalue weighted by atomic mass is 10.1. The van der Waals surface area contributed by atoms with Gasteiger partial charge < -0.3 is 10.1 Å². The summed E-state index contributed by atoms with van der Waals surface area (Å²) in [6.45, 7) is 4.17. The van der Waals surface area contributed by atoms with Gasteiger partial charge in [-0.05, 0) is 18.3 Å². The third-order valence-electron chi connectivity index (χ3n) is 3.72. The maximum atomic E-state index is 11.5. The van der Waals surface area contributed by atoms with Gasteiger partial charge in [-0.3, -0.25) is 4.79 Å². The number of nitrogens with zero attached hydrogens (tertiary/aromatic N) is 2. The molecule has 1 N–H and O–H groups in total. The number of ether oxygens (including phenoxy) is 1. The van der Waals surface area contributed by atoms with Crippen molar-refractivity contribution < 1.29 is 9.53 Å². The minimum Gasteiger partial charge on any atom is -0.469 e. The summed E-state index contributed by atoms with van der Waals surface area (Å²) in [6, 6.07) is 1.96. The van der Waals surface area contributed by atoms with Crippen molar-refractivity contribution in [2.75, 3.05) is 25.2 Å². The molecule has 116 valence electrons. The van der Waals surface area contributed by atoms with E-state index in [-0.39, 0.29) is 11.4 Å². The molecule has 0 bridgehead atoms. The van der Waals surface area contributed by atoms with Crippen LogP contribution in [0.25, 0.3) is 0 Å². The van der Waals surface area contributed by atoms with Crippen LogP contribution >= 0.6 is 11.8 Å². The molecule has 1 saturated carbocycles. The molecule has 5 nitrogen and oxygen atoms in total. The van der Waals surface area contributed by atoms with Gasteiger partial charge >= 0.3 is 5.97 Å². The molecule has 0 unspecified atom stereocenters. The molecule has 1 aliphatic rings. The van der Waals surface area contributed by atoms with E-state index >= 15 is 0 Å². The Morgan fingerprint density at radius 3 is 2.71 bits per heavy atom. The number of carbonyl (C=O) groups excluding carboxylic acids is 1. The lowest BCUT2D eigenvalue weighted by molar-refractivity contribution is -0.141. The van der Waals surface area contributed by atoms with Crippen molar-refractivity contribution in [1.29, 1.82) is 0 Å². The van der Waals surface area contributed by atoms with Crippen LogP contribution in [-0.4, -0.2) is 35.8 Å². The molecule has 0 atom stereocenters. The van der Waals surface area contributed by atoms with Crippen LogP contribution in [0, 0.1) is 5.41 Å². The predicted octanol–water partition coefficient (Wildman–Crippen LogP) is 3.08. The van der Waals surface area contributed by atoms with E-state index in [2.05, 4.69) is 29.1 Å². The summed E-state index contributed by atoms with van der Waals surface area (Å²) in [5.74, 6) is 2.77. The van der Waals surface area contributed by atoms with Crippen molar-refractivity contribution in [3.05, 3.63) is 11.9 Å². The second-order valence-electron chi connectivity index (χ2n) is 5.90. The van der Waals surface area contributed by atoms with Crippen LogP contribution in [0.5, 0.6) is 0 Å². The highest BCUT2D eigenvalue weighted by molar-refractivity contribution is 7.99. The highest BCUT2D eigenvalue weighted by Gasteiger charge is 2.44. The quantitative estimate of drug-likeness (QED) is 0.474. The SMILES string of the molecule is CNc1cc(SCC2(CC(=O)OC)CC2)nc(C(C)C)n1. The van der Waals surface area contributed by atoms with Crippen LogP contribution in [0.1, 0.15) is 44.9 Å². The highest BCUT2D eigenvalue weighted by Crippen LogP contribution is 2.52. The van der Waals surface area contributed by atoms with E-state index in [1.165, 1.54) is 7.11 Å². The Kier molecular flexibility index (Phi) is 5.08. The van der Waals surface area contributed by atoms with Gasteiger partial charge in [-0.2, -0.15) is 0 Å². The van der Waals surface area contributed by atoms with E-state index in [1.54, 1.807) is 11.8 Å². The fraction of sp³-hybridized carbons (Fsp3) is 0.667. The fourth-order valence-electron chi connectivity index (χ4n) is 2.06. The van der Waals surface area contributed by atoms with Crippen molar-refractivity contribution in [2.45, 2.75) is 44.1 Å². The Balaban J connectivity index is 2.03. The smallest absolute Gasteiger partial charge is 0.306 e. The van der Waals surface area contributed by atoms with E-state index in [0.717, 1.165) is 35.3 Å². The first-order valence-electron chi connectivity index (χ1n) is 7.24. The molecule has 0 aromatic carbocycles. The van der Waals surface area contributed by atoms with Crippen molar-refractivity contribution in [3.63, 3.8) is 0 Å². The summed E-state index contributed by atoms with van der Waals surface area (Å²) < 4.78 is 4.78. The Morgan fingerprint density at radius 1 is 1.48 bits per heavy atom. The molecular weight excluding hydrogens is 286 g/mol. The zero-order valence-electron chi connectivity index (χ0n) is 13.1. The molecule has 1 aromatic heterocycles. The Bertz CT molecular complexity index is 516. The van der Waals surface area contributed by atoms with Crippen LogP contribution in [0.2, 0.25) is 0 Å². The van der Waals surface area contributed by atoms with E-state index in [4.69, 9.17) is 4.74 Å². The largest absolute Gasteiger partial charge is 0.469 e. The van der Waals surface area contributed by atoms with E-state index in [1.807, 2.05) is 13.1 Å². The monoisotopic (exact) mass is 309 g/mol. The van der Waals surface area contributed by atoms with Gasteiger partial charge in [-0.1, -0.05) is 13.8 Å². The molecule has 6 heteroatoms.